The van der Waals surface area contributed by atoms with Gasteiger partial charge in [-0.1, -0.05) is 12.1 Å². The fourth-order valence-electron chi connectivity index (χ4n) is 4.96. The van der Waals surface area contributed by atoms with Crippen LogP contribution in [0.4, 0.5) is 8.78 Å². The molecule has 2 aliphatic heterocycles. The van der Waals surface area contributed by atoms with Crippen LogP contribution in [0.1, 0.15) is 35.1 Å². The van der Waals surface area contributed by atoms with Crippen molar-refractivity contribution in [1.29, 1.82) is 0 Å². The molecule has 2 aromatic carbocycles. The summed E-state index contributed by atoms with van der Waals surface area (Å²) in [5, 5.41) is 11.1. The van der Waals surface area contributed by atoms with Gasteiger partial charge in [-0.15, -0.1) is 0 Å². The van der Waals surface area contributed by atoms with Gasteiger partial charge >= 0.3 is 0 Å². The molecule has 3 aromatic rings. The number of halogens is 2. The minimum absolute atomic E-state index is 0.459. The second-order valence-electron chi connectivity index (χ2n) is 9.33. The van der Waals surface area contributed by atoms with Gasteiger partial charge in [0, 0.05) is 68.9 Å². The molecule has 0 aliphatic carbocycles. The van der Waals surface area contributed by atoms with Crippen molar-refractivity contribution in [1.82, 2.24) is 14.8 Å². The third-order valence-electron chi connectivity index (χ3n) is 6.80. The van der Waals surface area contributed by atoms with E-state index in [1.165, 1.54) is 17.7 Å². The third kappa shape index (κ3) is 5.27. The summed E-state index contributed by atoms with van der Waals surface area (Å²) in [4.78, 5) is 8.66. The summed E-state index contributed by atoms with van der Waals surface area (Å²) in [5.41, 5.74) is 2.95. The van der Waals surface area contributed by atoms with Crippen molar-refractivity contribution in [2.75, 3.05) is 26.2 Å². The highest BCUT2D eigenvalue weighted by Gasteiger charge is 2.34. The Balaban J connectivity index is 1.23. The van der Waals surface area contributed by atoms with Gasteiger partial charge in [0.25, 0.3) is 0 Å². The lowest BCUT2D eigenvalue weighted by Crippen LogP contribution is -2.42. The van der Waals surface area contributed by atoms with Crippen LogP contribution in [0.3, 0.4) is 0 Å². The fourth-order valence-corrected chi connectivity index (χ4v) is 4.96. The van der Waals surface area contributed by atoms with E-state index in [0.717, 1.165) is 42.6 Å². The first-order chi connectivity index (χ1) is 16.5. The van der Waals surface area contributed by atoms with E-state index >= 15 is 0 Å². The van der Waals surface area contributed by atoms with Crippen molar-refractivity contribution < 1.29 is 18.6 Å². The Kier molecular flexibility index (Phi) is 6.59. The number of pyridine rings is 1. The molecular formula is C27H29F2N3O2. The summed E-state index contributed by atoms with van der Waals surface area (Å²) < 4.78 is 33.2. The van der Waals surface area contributed by atoms with E-state index in [1.807, 2.05) is 18.2 Å². The van der Waals surface area contributed by atoms with E-state index in [-0.39, 0.29) is 0 Å². The van der Waals surface area contributed by atoms with Crippen LogP contribution in [0.5, 0.6) is 5.75 Å². The van der Waals surface area contributed by atoms with Gasteiger partial charge in [-0.05, 0) is 54.3 Å². The number of aliphatic hydroxyl groups is 1. The highest BCUT2D eigenvalue weighted by molar-refractivity contribution is 5.38. The van der Waals surface area contributed by atoms with Crippen LogP contribution in [-0.4, -0.2) is 46.1 Å². The zero-order chi connectivity index (χ0) is 23.5. The van der Waals surface area contributed by atoms with Crippen molar-refractivity contribution in [3.05, 3.63) is 94.8 Å². The fraction of sp³-hybridized carbons (Fsp3) is 0.370. The molecule has 1 N–H and O–H groups in total. The van der Waals surface area contributed by atoms with Gasteiger partial charge in [0.2, 0.25) is 0 Å². The number of fused-ring (bicyclic) bond motifs is 1. The first-order valence-electron chi connectivity index (χ1n) is 11.7. The van der Waals surface area contributed by atoms with Gasteiger partial charge in [0.1, 0.15) is 24.0 Å². The van der Waals surface area contributed by atoms with Crippen LogP contribution in [0, 0.1) is 11.6 Å². The number of nitrogens with zero attached hydrogens (tertiary/aromatic N) is 3. The van der Waals surface area contributed by atoms with Crippen molar-refractivity contribution in [2.24, 2.45) is 0 Å². The summed E-state index contributed by atoms with van der Waals surface area (Å²) in [7, 11) is 0. The molecular weight excluding hydrogens is 436 g/mol. The largest absolute Gasteiger partial charge is 0.492 e. The molecule has 0 saturated carbocycles. The van der Waals surface area contributed by atoms with E-state index in [0.29, 0.717) is 44.6 Å². The minimum atomic E-state index is -0.816. The van der Waals surface area contributed by atoms with Gasteiger partial charge in [-0.2, -0.15) is 0 Å². The lowest BCUT2D eigenvalue weighted by atomic mass is 9.85. The van der Waals surface area contributed by atoms with Gasteiger partial charge in [-0.3, -0.25) is 14.8 Å². The second-order valence-corrected chi connectivity index (χ2v) is 9.33. The number of aromatic nitrogens is 1. The smallest absolute Gasteiger partial charge is 0.126 e. The first kappa shape index (κ1) is 22.9. The maximum absolute atomic E-state index is 13.6. The minimum Gasteiger partial charge on any atom is -0.492 e. The Hall–Kier alpha value is -2.87. The van der Waals surface area contributed by atoms with Crippen LogP contribution in [-0.2, 0) is 25.2 Å². The van der Waals surface area contributed by atoms with Crippen LogP contribution >= 0.6 is 0 Å². The molecule has 7 heteroatoms. The van der Waals surface area contributed by atoms with E-state index in [4.69, 9.17) is 4.74 Å². The summed E-state index contributed by atoms with van der Waals surface area (Å²) in [6.07, 6.45) is 4.82. The zero-order valence-electron chi connectivity index (χ0n) is 19.1. The normalized spacial score (nSPS) is 18.7. The highest BCUT2D eigenvalue weighted by Crippen LogP contribution is 2.33. The van der Waals surface area contributed by atoms with E-state index in [1.54, 1.807) is 12.4 Å². The van der Waals surface area contributed by atoms with Crippen molar-refractivity contribution in [3.8, 4) is 5.75 Å². The van der Waals surface area contributed by atoms with Crippen molar-refractivity contribution >= 4 is 0 Å². The topological polar surface area (TPSA) is 48.8 Å². The molecule has 178 valence electrons. The number of benzene rings is 2. The van der Waals surface area contributed by atoms with Crippen molar-refractivity contribution in [3.63, 3.8) is 0 Å². The molecule has 0 unspecified atom stereocenters. The maximum Gasteiger partial charge on any atom is 0.126 e. The summed E-state index contributed by atoms with van der Waals surface area (Å²) in [6.45, 7) is 4.73. The van der Waals surface area contributed by atoms with E-state index in [2.05, 4.69) is 26.9 Å². The van der Waals surface area contributed by atoms with Crippen LogP contribution in [0.25, 0.3) is 0 Å². The molecule has 5 nitrogen and oxygen atoms in total. The molecule has 2 aliphatic rings. The molecule has 1 aromatic heterocycles. The van der Waals surface area contributed by atoms with Gasteiger partial charge in [0.15, 0.2) is 0 Å². The number of hydrogen-bond acceptors (Lipinski definition) is 5. The standard InChI is InChI=1S/C27H29F2N3O2/c28-24-13-21(14-25(29)15-24)18-32-10-11-34-26-4-3-20(12-22(26)19-32)17-31-8-5-27(33,6-9-31)23-2-1-7-30-16-23/h1-4,7,12-16,33H,5-6,8-11,17-19H2. The molecule has 1 saturated heterocycles. The molecule has 34 heavy (non-hydrogen) atoms. The number of piperidine rings is 1. The molecule has 3 heterocycles. The lowest BCUT2D eigenvalue weighted by Gasteiger charge is -2.38. The summed E-state index contributed by atoms with van der Waals surface area (Å²) in [5.74, 6) is -0.247. The summed E-state index contributed by atoms with van der Waals surface area (Å²) in [6, 6.07) is 13.8. The number of rotatable bonds is 5. The Bertz CT molecular complexity index is 1110. The maximum atomic E-state index is 13.6. The SMILES string of the molecule is OC1(c2cccnc2)CCN(Cc2ccc3c(c2)CN(Cc2cc(F)cc(F)c2)CCO3)CC1. The van der Waals surface area contributed by atoms with Gasteiger partial charge < -0.3 is 9.84 Å². The lowest BCUT2D eigenvalue weighted by molar-refractivity contribution is -0.0279. The second kappa shape index (κ2) is 9.78. The zero-order valence-corrected chi connectivity index (χ0v) is 19.1. The Labute approximate surface area is 198 Å². The Morgan fingerprint density at radius 3 is 2.41 bits per heavy atom. The Morgan fingerprint density at radius 1 is 0.912 bits per heavy atom. The molecule has 0 spiro atoms. The molecule has 1 fully saturated rings. The number of likely N-dealkylation sites (tertiary alicyclic amines) is 1. The number of hydrogen-bond donors (Lipinski definition) is 1. The van der Waals surface area contributed by atoms with Crippen LogP contribution < -0.4 is 4.74 Å². The third-order valence-corrected chi connectivity index (χ3v) is 6.80. The molecule has 0 radical (unpaired) electrons. The molecule has 0 bridgehead atoms. The molecule has 5 rings (SSSR count). The van der Waals surface area contributed by atoms with Gasteiger partial charge in [0.05, 0.1) is 5.60 Å². The summed E-state index contributed by atoms with van der Waals surface area (Å²) >= 11 is 0. The quantitative estimate of drug-likeness (QED) is 0.611. The van der Waals surface area contributed by atoms with E-state index in [9.17, 15) is 13.9 Å². The van der Waals surface area contributed by atoms with Crippen LogP contribution in [0.2, 0.25) is 0 Å². The number of ether oxygens (including phenoxy) is 1. The average Bonchev–Trinajstić information content (AvgIpc) is 3.02. The van der Waals surface area contributed by atoms with Gasteiger partial charge in [-0.25, -0.2) is 8.78 Å². The van der Waals surface area contributed by atoms with Crippen molar-refractivity contribution in [2.45, 2.75) is 38.1 Å². The predicted molar refractivity (Wildman–Crippen MR) is 125 cm³/mol. The average molecular weight is 466 g/mol. The Morgan fingerprint density at radius 2 is 1.68 bits per heavy atom. The van der Waals surface area contributed by atoms with E-state index < -0.39 is 17.2 Å². The predicted octanol–water partition coefficient (Wildman–Crippen LogP) is 4.24. The first-order valence-corrected chi connectivity index (χ1v) is 11.7. The monoisotopic (exact) mass is 465 g/mol. The highest BCUT2D eigenvalue weighted by atomic mass is 19.1. The van der Waals surface area contributed by atoms with Crippen LogP contribution in [0.15, 0.2) is 60.9 Å². The molecule has 0 atom stereocenters. The molecule has 0 amide bonds.